The molecular formula is C8H12N2O3. The van der Waals surface area contributed by atoms with Gasteiger partial charge in [0, 0.05) is 18.0 Å². The predicted molar refractivity (Wildman–Crippen MR) is 48.2 cm³/mol. The van der Waals surface area contributed by atoms with E-state index in [4.69, 9.17) is 15.9 Å². The molecule has 0 aliphatic heterocycles. The molecule has 1 rings (SSSR count). The van der Waals surface area contributed by atoms with Crippen LogP contribution in [0.4, 0.5) is 5.69 Å². The van der Waals surface area contributed by atoms with E-state index in [1.54, 1.807) is 0 Å². The summed E-state index contributed by atoms with van der Waals surface area (Å²) in [5.41, 5.74) is 5.64. The molecule has 1 unspecified atom stereocenters. The highest BCUT2D eigenvalue weighted by Crippen LogP contribution is 1.96. The van der Waals surface area contributed by atoms with Crippen LogP contribution in [0.3, 0.4) is 0 Å². The van der Waals surface area contributed by atoms with Gasteiger partial charge in [-0.25, -0.2) is 0 Å². The van der Waals surface area contributed by atoms with Crippen molar-refractivity contribution >= 4 is 5.69 Å². The zero-order valence-corrected chi connectivity index (χ0v) is 7.05. The highest BCUT2D eigenvalue weighted by molar-refractivity contribution is 5.33. The number of hydrogen-bond donors (Lipinski definition) is 3. The summed E-state index contributed by atoms with van der Waals surface area (Å²) in [5, 5.41) is 17.6. The van der Waals surface area contributed by atoms with Crippen LogP contribution in [0.15, 0.2) is 23.1 Å². The fourth-order valence-corrected chi connectivity index (χ4v) is 0.977. The summed E-state index contributed by atoms with van der Waals surface area (Å²) in [6.45, 7) is -0.318. The summed E-state index contributed by atoms with van der Waals surface area (Å²) in [6, 6.07) is 2.81. The van der Waals surface area contributed by atoms with Crippen molar-refractivity contribution in [3.63, 3.8) is 0 Å². The Bertz CT molecular complexity index is 334. The van der Waals surface area contributed by atoms with Crippen molar-refractivity contribution in [2.75, 3.05) is 12.3 Å². The minimum atomic E-state index is -0.931. The van der Waals surface area contributed by atoms with Gasteiger partial charge >= 0.3 is 0 Å². The molecule has 1 aromatic rings. The topological polar surface area (TPSA) is 88.5 Å². The molecular weight excluding hydrogens is 172 g/mol. The minimum absolute atomic E-state index is 0.0559. The number of aliphatic hydroxyl groups excluding tert-OH is 2. The molecule has 0 aliphatic carbocycles. The van der Waals surface area contributed by atoms with Gasteiger partial charge in [0.25, 0.3) is 5.56 Å². The molecule has 0 aliphatic rings. The molecule has 5 heteroatoms. The van der Waals surface area contributed by atoms with E-state index in [0.29, 0.717) is 5.69 Å². The number of aliphatic hydroxyl groups is 2. The molecule has 5 nitrogen and oxygen atoms in total. The van der Waals surface area contributed by atoms with Crippen LogP contribution in [-0.2, 0) is 6.54 Å². The maximum atomic E-state index is 11.1. The molecule has 1 aromatic heterocycles. The quantitative estimate of drug-likeness (QED) is 0.549. The smallest absolute Gasteiger partial charge is 0.250 e. The molecule has 4 N–H and O–H groups in total. The summed E-state index contributed by atoms with van der Waals surface area (Å²) in [7, 11) is 0. The van der Waals surface area contributed by atoms with Crippen LogP contribution in [0.1, 0.15) is 0 Å². The van der Waals surface area contributed by atoms with Crippen molar-refractivity contribution in [2.24, 2.45) is 0 Å². The minimum Gasteiger partial charge on any atom is -0.398 e. The number of anilines is 1. The van der Waals surface area contributed by atoms with Gasteiger partial charge in [0.2, 0.25) is 0 Å². The van der Waals surface area contributed by atoms with Gasteiger partial charge in [0.1, 0.15) is 0 Å². The molecule has 72 valence electrons. The fourth-order valence-electron chi connectivity index (χ4n) is 0.977. The Balaban J connectivity index is 2.87. The molecule has 1 atom stereocenters. The standard InChI is InChI=1S/C8H12N2O3/c9-6-1-2-8(13)10(3-6)4-7(12)5-11/h1-3,7,11-12H,4-5,9H2. The number of aromatic nitrogens is 1. The van der Waals surface area contributed by atoms with E-state index < -0.39 is 6.10 Å². The van der Waals surface area contributed by atoms with Gasteiger partial charge in [0.05, 0.1) is 19.3 Å². The molecule has 0 spiro atoms. The van der Waals surface area contributed by atoms with Gasteiger partial charge in [-0.05, 0) is 6.07 Å². The summed E-state index contributed by atoms with van der Waals surface area (Å²) in [5.74, 6) is 0. The summed E-state index contributed by atoms with van der Waals surface area (Å²) < 4.78 is 1.26. The lowest BCUT2D eigenvalue weighted by molar-refractivity contribution is 0.0804. The number of hydrogen-bond acceptors (Lipinski definition) is 4. The van der Waals surface area contributed by atoms with Gasteiger partial charge in [-0.2, -0.15) is 0 Å². The zero-order valence-electron chi connectivity index (χ0n) is 7.05. The first kappa shape index (κ1) is 9.76. The summed E-state index contributed by atoms with van der Waals surface area (Å²) >= 11 is 0. The average molecular weight is 184 g/mol. The molecule has 0 fully saturated rings. The first-order valence-corrected chi connectivity index (χ1v) is 3.88. The van der Waals surface area contributed by atoms with E-state index >= 15 is 0 Å². The molecule has 0 saturated carbocycles. The van der Waals surface area contributed by atoms with Crippen molar-refractivity contribution in [2.45, 2.75) is 12.6 Å². The van der Waals surface area contributed by atoms with E-state index in [0.717, 1.165) is 0 Å². The highest BCUT2D eigenvalue weighted by atomic mass is 16.3. The van der Waals surface area contributed by atoms with Gasteiger partial charge in [-0.3, -0.25) is 4.79 Å². The monoisotopic (exact) mass is 184 g/mol. The van der Waals surface area contributed by atoms with Crippen molar-refractivity contribution in [3.05, 3.63) is 28.7 Å². The maximum absolute atomic E-state index is 11.1. The fraction of sp³-hybridized carbons (Fsp3) is 0.375. The number of nitrogen functional groups attached to an aromatic ring is 1. The molecule has 0 bridgehead atoms. The zero-order chi connectivity index (χ0) is 9.84. The van der Waals surface area contributed by atoms with Crippen molar-refractivity contribution in [3.8, 4) is 0 Å². The normalized spacial score (nSPS) is 12.8. The summed E-state index contributed by atoms with van der Waals surface area (Å²) in [4.78, 5) is 11.1. The van der Waals surface area contributed by atoms with Crippen molar-refractivity contribution < 1.29 is 10.2 Å². The Morgan fingerprint density at radius 3 is 2.85 bits per heavy atom. The Morgan fingerprint density at radius 2 is 2.23 bits per heavy atom. The molecule has 1 heterocycles. The number of pyridine rings is 1. The van der Waals surface area contributed by atoms with Crippen LogP contribution in [0, 0.1) is 0 Å². The van der Waals surface area contributed by atoms with Crippen LogP contribution in [0.5, 0.6) is 0 Å². The number of nitrogens with zero attached hydrogens (tertiary/aromatic N) is 1. The van der Waals surface area contributed by atoms with E-state index in [9.17, 15) is 4.79 Å². The van der Waals surface area contributed by atoms with Crippen LogP contribution >= 0.6 is 0 Å². The molecule has 0 amide bonds. The first-order valence-electron chi connectivity index (χ1n) is 3.88. The Morgan fingerprint density at radius 1 is 1.54 bits per heavy atom. The lowest BCUT2D eigenvalue weighted by Crippen LogP contribution is -2.27. The van der Waals surface area contributed by atoms with Crippen LogP contribution in [0.25, 0.3) is 0 Å². The third kappa shape index (κ3) is 2.57. The van der Waals surface area contributed by atoms with Crippen LogP contribution in [-0.4, -0.2) is 27.5 Å². The second-order valence-electron chi connectivity index (χ2n) is 2.79. The molecule has 13 heavy (non-hydrogen) atoms. The third-order valence-corrected chi connectivity index (χ3v) is 1.62. The SMILES string of the molecule is Nc1ccc(=O)n(CC(O)CO)c1. The van der Waals surface area contributed by atoms with Crippen molar-refractivity contribution in [1.82, 2.24) is 4.57 Å². The second kappa shape index (κ2) is 4.06. The van der Waals surface area contributed by atoms with Gasteiger partial charge in [-0.15, -0.1) is 0 Å². The van der Waals surface area contributed by atoms with Gasteiger partial charge < -0.3 is 20.5 Å². The van der Waals surface area contributed by atoms with Crippen LogP contribution < -0.4 is 11.3 Å². The Kier molecular flexibility index (Phi) is 3.05. The van der Waals surface area contributed by atoms with Gasteiger partial charge in [0.15, 0.2) is 0 Å². The molecule has 0 aromatic carbocycles. The van der Waals surface area contributed by atoms with E-state index in [2.05, 4.69) is 0 Å². The van der Waals surface area contributed by atoms with Gasteiger partial charge in [-0.1, -0.05) is 0 Å². The lowest BCUT2D eigenvalue weighted by Gasteiger charge is -2.09. The van der Waals surface area contributed by atoms with E-state index in [-0.39, 0.29) is 18.7 Å². The molecule has 0 radical (unpaired) electrons. The maximum Gasteiger partial charge on any atom is 0.250 e. The Labute approximate surface area is 75.0 Å². The number of nitrogens with two attached hydrogens (primary N) is 1. The van der Waals surface area contributed by atoms with E-state index in [1.165, 1.54) is 22.9 Å². The third-order valence-electron chi connectivity index (χ3n) is 1.62. The molecule has 0 saturated heterocycles. The Hall–Kier alpha value is -1.33. The first-order chi connectivity index (χ1) is 6.13. The highest BCUT2D eigenvalue weighted by Gasteiger charge is 2.04. The second-order valence-corrected chi connectivity index (χ2v) is 2.79. The van der Waals surface area contributed by atoms with Crippen LogP contribution in [0.2, 0.25) is 0 Å². The lowest BCUT2D eigenvalue weighted by atomic mass is 10.3. The summed E-state index contributed by atoms with van der Waals surface area (Å²) in [6.07, 6.45) is 0.501. The number of rotatable bonds is 3. The largest absolute Gasteiger partial charge is 0.398 e. The predicted octanol–water partition coefficient (Wildman–Crippen LogP) is -1.22. The van der Waals surface area contributed by atoms with Crippen molar-refractivity contribution in [1.29, 1.82) is 0 Å². The van der Waals surface area contributed by atoms with E-state index in [1.807, 2.05) is 0 Å². The average Bonchev–Trinajstić information content (AvgIpc) is 2.11.